The smallest absolute Gasteiger partial charge is 0.387 e. The lowest BCUT2D eigenvalue weighted by atomic mass is 9.89. The largest absolute Gasteiger partial charge is 0.435 e. The molecule has 4 rings (SSSR count). The molecule has 0 unspecified atom stereocenters. The lowest BCUT2D eigenvalue weighted by Gasteiger charge is -2.32. The maximum atomic E-state index is 13.5. The highest BCUT2D eigenvalue weighted by atomic mass is 19.3. The summed E-state index contributed by atoms with van der Waals surface area (Å²) in [6.45, 7) is -1.86. The van der Waals surface area contributed by atoms with Crippen LogP contribution in [0.2, 0.25) is 0 Å². The molecule has 1 aliphatic rings. The maximum absolute atomic E-state index is 13.5. The lowest BCUT2D eigenvalue weighted by Crippen LogP contribution is -2.37. The summed E-state index contributed by atoms with van der Waals surface area (Å²) in [6, 6.07) is 15.8. The van der Waals surface area contributed by atoms with Crippen LogP contribution in [0.5, 0.6) is 5.75 Å². The van der Waals surface area contributed by atoms with Crippen LogP contribution in [0.25, 0.3) is 0 Å². The normalized spacial score (nSPS) is 13.8. The van der Waals surface area contributed by atoms with Gasteiger partial charge in [0.25, 0.3) is 11.6 Å². The SMILES string of the molecule is O=C(Cc1cc(F)ccc1[N+](=O)[O-])Nc1ccc(C2CCN(C(=O)c3ccc(OC(F)F)cc3)CC2)cc1. The summed E-state index contributed by atoms with van der Waals surface area (Å²) in [5.41, 5.74) is 1.62. The Labute approximate surface area is 216 Å². The van der Waals surface area contributed by atoms with E-state index in [4.69, 9.17) is 0 Å². The number of ether oxygens (including phenoxy) is 1. The molecular weight excluding hydrogens is 503 g/mol. The Hall–Kier alpha value is -4.41. The molecule has 1 fully saturated rings. The van der Waals surface area contributed by atoms with Gasteiger partial charge in [-0.25, -0.2) is 4.39 Å². The number of nitro groups is 1. The number of hydrogen-bond acceptors (Lipinski definition) is 5. The van der Waals surface area contributed by atoms with Gasteiger partial charge in [0.15, 0.2) is 0 Å². The van der Waals surface area contributed by atoms with Crippen molar-refractivity contribution < 1.29 is 32.4 Å². The van der Waals surface area contributed by atoms with Crippen molar-refractivity contribution in [1.29, 1.82) is 0 Å². The molecule has 1 saturated heterocycles. The summed E-state index contributed by atoms with van der Waals surface area (Å²) in [5, 5.41) is 13.8. The first-order chi connectivity index (χ1) is 18.2. The van der Waals surface area contributed by atoms with Gasteiger partial charge < -0.3 is 15.0 Å². The molecule has 198 valence electrons. The third-order valence-electron chi connectivity index (χ3n) is 6.36. The van der Waals surface area contributed by atoms with Crippen LogP contribution in [0, 0.1) is 15.9 Å². The number of nitro benzene ring substituents is 1. The van der Waals surface area contributed by atoms with E-state index in [2.05, 4.69) is 10.1 Å². The van der Waals surface area contributed by atoms with Gasteiger partial charge in [-0.05, 0) is 72.9 Å². The Kier molecular flexibility index (Phi) is 8.25. The predicted octanol–water partition coefficient (Wildman–Crippen LogP) is 5.54. The number of anilines is 1. The standard InChI is InChI=1S/C27H24F3N3O5/c28-21-5-10-24(33(36)37)20(15-21)16-25(34)31-22-6-1-17(2-7-22)18-11-13-32(14-12-18)26(35)19-3-8-23(9-4-19)38-27(29)30/h1-10,15,18,27H,11-14,16H2,(H,31,34). The van der Waals surface area contributed by atoms with Crippen LogP contribution in [0.3, 0.4) is 0 Å². The number of hydrogen-bond donors (Lipinski definition) is 1. The number of carbonyl (C=O) groups is 2. The average molecular weight is 527 g/mol. The molecule has 0 atom stereocenters. The zero-order chi connectivity index (χ0) is 27.2. The van der Waals surface area contributed by atoms with Gasteiger partial charge in [-0.1, -0.05) is 12.1 Å². The summed E-state index contributed by atoms with van der Waals surface area (Å²) in [6.07, 6.45) is 1.12. The molecule has 2 amide bonds. The van der Waals surface area contributed by atoms with Crippen molar-refractivity contribution in [3.05, 3.63) is 99.4 Å². The van der Waals surface area contributed by atoms with Crippen LogP contribution < -0.4 is 10.1 Å². The van der Waals surface area contributed by atoms with Crippen molar-refractivity contribution in [3.8, 4) is 5.75 Å². The second-order valence-corrected chi connectivity index (χ2v) is 8.85. The number of likely N-dealkylation sites (tertiary alicyclic amines) is 1. The Bertz CT molecular complexity index is 1310. The molecule has 0 radical (unpaired) electrons. The monoisotopic (exact) mass is 527 g/mol. The van der Waals surface area contributed by atoms with E-state index in [-0.39, 0.29) is 35.2 Å². The van der Waals surface area contributed by atoms with Crippen molar-refractivity contribution in [1.82, 2.24) is 4.90 Å². The number of alkyl halides is 2. The van der Waals surface area contributed by atoms with Crippen LogP contribution in [-0.2, 0) is 11.2 Å². The quantitative estimate of drug-likeness (QED) is 0.306. The number of nitrogens with one attached hydrogen (secondary N) is 1. The van der Waals surface area contributed by atoms with Gasteiger partial charge in [-0.15, -0.1) is 0 Å². The summed E-state index contributed by atoms with van der Waals surface area (Å²) in [7, 11) is 0. The van der Waals surface area contributed by atoms with Crippen LogP contribution in [0.1, 0.15) is 40.2 Å². The zero-order valence-corrected chi connectivity index (χ0v) is 20.1. The van der Waals surface area contributed by atoms with E-state index in [1.54, 1.807) is 17.0 Å². The van der Waals surface area contributed by atoms with Gasteiger partial charge in [0.05, 0.1) is 11.3 Å². The number of amides is 2. The van der Waals surface area contributed by atoms with Gasteiger partial charge in [-0.2, -0.15) is 8.78 Å². The highest BCUT2D eigenvalue weighted by Gasteiger charge is 2.25. The molecule has 0 aliphatic carbocycles. The van der Waals surface area contributed by atoms with E-state index >= 15 is 0 Å². The van der Waals surface area contributed by atoms with E-state index in [1.807, 2.05) is 12.1 Å². The minimum absolute atomic E-state index is 0.00910. The molecule has 0 saturated carbocycles. The van der Waals surface area contributed by atoms with Gasteiger partial charge in [0.1, 0.15) is 11.6 Å². The molecule has 0 aromatic heterocycles. The fourth-order valence-electron chi connectivity index (χ4n) is 4.47. The molecule has 38 heavy (non-hydrogen) atoms. The Morgan fingerprint density at radius 2 is 1.68 bits per heavy atom. The number of rotatable bonds is 8. The molecule has 11 heteroatoms. The average Bonchev–Trinajstić information content (AvgIpc) is 2.89. The van der Waals surface area contributed by atoms with E-state index in [0.717, 1.165) is 36.6 Å². The predicted molar refractivity (Wildman–Crippen MR) is 133 cm³/mol. The number of halogens is 3. The Morgan fingerprint density at radius 3 is 2.29 bits per heavy atom. The molecule has 3 aromatic carbocycles. The molecule has 1 N–H and O–H groups in total. The third-order valence-corrected chi connectivity index (χ3v) is 6.36. The highest BCUT2D eigenvalue weighted by Crippen LogP contribution is 2.30. The number of piperidine rings is 1. The first-order valence-electron chi connectivity index (χ1n) is 11.9. The van der Waals surface area contributed by atoms with Crippen LogP contribution in [-0.4, -0.2) is 41.3 Å². The lowest BCUT2D eigenvalue weighted by molar-refractivity contribution is -0.385. The van der Waals surface area contributed by atoms with Crippen molar-refractivity contribution in [2.24, 2.45) is 0 Å². The number of carbonyl (C=O) groups excluding carboxylic acids is 2. The van der Waals surface area contributed by atoms with Crippen LogP contribution in [0.4, 0.5) is 24.5 Å². The zero-order valence-electron chi connectivity index (χ0n) is 20.1. The van der Waals surface area contributed by atoms with Crippen molar-refractivity contribution in [2.45, 2.75) is 31.8 Å². The third kappa shape index (κ3) is 6.67. The van der Waals surface area contributed by atoms with E-state index in [0.29, 0.717) is 24.3 Å². The highest BCUT2D eigenvalue weighted by molar-refractivity contribution is 5.94. The molecular formula is C27H24F3N3O5. The van der Waals surface area contributed by atoms with Crippen LogP contribution in [0.15, 0.2) is 66.7 Å². The molecule has 0 spiro atoms. The van der Waals surface area contributed by atoms with Gasteiger partial charge >= 0.3 is 6.61 Å². The summed E-state index contributed by atoms with van der Waals surface area (Å²) < 4.78 is 42.4. The molecule has 0 bridgehead atoms. The minimum Gasteiger partial charge on any atom is -0.435 e. The van der Waals surface area contributed by atoms with E-state index in [9.17, 15) is 32.9 Å². The second kappa shape index (κ2) is 11.8. The summed E-state index contributed by atoms with van der Waals surface area (Å²) >= 11 is 0. The fourth-order valence-corrected chi connectivity index (χ4v) is 4.47. The fraction of sp³-hybridized carbons (Fsp3) is 0.259. The van der Waals surface area contributed by atoms with Crippen molar-refractivity contribution in [2.75, 3.05) is 18.4 Å². The van der Waals surface area contributed by atoms with E-state index in [1.165, 1.54) is 24.3 Å². The Morgan fingerprint density at radius 1 is 1.03 bits per heavy atom. The molecule has 3 aromatic rings. The first-order valence-corrected chi connectivity index (χ1v) is 11.9. The van der Waals surface area contributed by atoms with Crippen molar-refractivity contribution in [3.63, 3.8) is 0 Å². The minimum atomic E-state index is -2.93. The van der Waals surface area contributed by atoms with Crippen LogP contribution >= 0.6 is 0 Å². The maximum Gasteiger partial charge on any atom is 0.387 e. The molecule has 1 aliphatic heterocycles. The van der Waals surface area contributed by atoms with Crippen molar-refractivity contribution >= 4 is 23.2 Å². The first kappa shape index (κ1) is 26.6. The molecule has 1 heterocycles. The van der Waals surface area contributed by atoms with Gasteiger partial charge in [0.2, 0.25) is 5.91 Å². The topological polar surface area (TPSA) is 102 Å². The number of nitrogens with zero attached hydrogens (tertiary/aromatic N) is 2. The molecule has 8 nitrogen and oxygen atoms in total. The van der Waals surface area contributed by atoms with Gasteiger partial charge in [0, 0.05) is 36.0 Å². The second-order valence-electron chi connectivity index (χ2n) is 8.85. The summed E-state index contributed by atoms with van der Waals surface area (Å²) in [5.74, 6) is -1.14. The summed E-state index contributed by atoms with van der Waals surface area (Å²) in [4.78, 5) is 37.4. The van der Waals surface area contributed by atoms with E-state index < -0.39 is 23.3 Å². The Balaban J connectivity index is 1.30. The number of benzene rings is 3. The van der Waals surface area contributed by atoms with Gasteiger partial charge in [-0.3, -0.25) is 19.7 Å².